The average Bonchev–Trinajstić information content (AvgIpc) is 2.78. The molecule has 0 fully saturated rings. The van der Waals surface area contributed by atoms with Crippen LogP contribution in [0.4, 0.5) is 5.69 Å². The van der Waals surface area contributed by atoms with Gasteiger partial charge in [-0.05, 0) is 60.4 Å². The number of nitrogens with one attached hydrogen (secondary N) is 1. The largest absolute Gasteiger partial charge is 0.347 e. The molecule has 0 saturated heterocycles. The Morgan fingerprint density at radius 3 is 2.58 bits per heavy atom. The van der Waals surface area contributed by atoms with Gasteiger partial charge in [-0.1, -0.05) is 11.6 Å². The van der Waals surface area contributed by atoms with E-state index in [0.29, 0.717) is 5.11 Å². The molecule has 0 aliphatic carbocycles. The van der Waals surface area contributed by atoms with Crippen LogP contribution in [0.15, 0.2) is 35.7 Å². The normalized spacial score (nSPS) is 10.3. The molecule has 0 radical (unpaired) electrons. The van der Waals surface area contributed by atoms with Crippen molar-refractivity contribution in [3.63, 3.8) is 0 Å². The van der Waals surface area contributed by atoms with E-state index in [9.17, 15) is 0 Å². The van der Waals surface area contributed by atoms with E-state index < -0.39 is 0 Å². The summed E-state index contributed by atoms with van der Waals surface area (Å²) in [6.07, 6.45) is 0. The highest BCUT2D eigenvalue weighted by molar-refractivity contribution is 7.80. The van der Waals surface area contributed by atoms with Crippen molar-refractivity contribution in [3.05, 3.63) is 51.2 Å². The monoisotopic (exact) mass is 310 g/mol. The van der Waals surface area contributed by atoms with Gasteiger partial charge in [0.1, 0.15) is 0 Å². The van der Waals surface area contributed by atoms with Gasteiger partial charge in [-0.15, -0.1) is 11.3 Å². The van der Waals surface area contributed by atoms with Gasteiger partial charge in [0.15, 0.2) is 5.11 Å². The summed E-state index contributed by atoms with van der Waals surface area (Å²) in [5.41, 5.74) is 2.26. The van der Waals surface area contributed by atoms with Gasteiger partial charge >= 0.3 is 0 Å². The first-order valence-electron chi connectivity index (χ1n) is 5.87. The fourth-order valence-electron chi connectivity index (χ4n) is 1.61. The highest BCUT2D eigenvalue weighted by atomic mass is 35.5. The highest BCUT2D eigenvalue weighted by Crippen LogP contribution is 2.18. The molecular formula is C14H15ClN2S2. The number of halogens is 1. The Kier molecular flexibility index (Phi) is 4.80. The first kappa shape index (κ1) is 14.3. The molecule has 1 aromatic carbocycles. The predicted molar refractivity (Wildman–Crippen MR) is 88.2 cm³/mol. The van der Waals surface area contributed by atoms with Crippen LogP contribution in [0.5, 0.6) is 0 Å². The number of anilines is 1. The molecule has 0 aliphatic heterocycles. The minimum absolute atomic E-state index is 0.704. The van der Waals surface area contributed by atoms with Crippen molar-refractivity contribution in [1.29, 1.82) is 0 Å². The van der Waals surface area contributed by atoms with Gasteiger partial charge in [-0.25, -0.2) is 0 Å². The molecule has 2 rings (SSSR count). The first-order chi connectivity index (χ1) is 9.06. The minimum Gasteiger partial charge on any atom is -0.347 e. The van der Waals surface area contributed by atoms with E-state index >= 15 is 0 Å². The van der Waals surface area contributed by atoms with Crippen LogP contribution in [0.25, 0.3) is 0 Å². The third kappa shape index (κ3) is 3.93. The molecule has 0 bridgehead atoms. The standard InChI is InChI=1S/C14H15ClN2S2/c1-10-7-8-19-13(10)9-17(2)14(18)16-12-5-3-11(15)4-6-12/h3-8H,9H2,1-2H3,(H,16,18). The molecule has 1 heterocycles. The molecule has 0 amide bonds. The fourth-order valence-corrected chi connectivity index (χ4v) is 2.87. The SMILES string of the molecule is Cc1ccsc1CN(C)C(=S)Nc1ccc(Cl)cc1. The van der Waals surface area contributed by atoms with E-state index in [4.69, 9.17) is 23.8 Å². The average molecular weight is 311 g/mol. The number of benzene rings is 1. The van der Waals surface area contributed by atoms with Gasteiger partial charge in [-0.2, -0.15) is 0 Å². The molecule has 0 aliphatic rings. The molecule has 0 atom stereocenters. The number of hydrogen-bond donors (Lipinski definition) is 1. The van der Waals surface area contributed by atoms with Crippen molar-refractivity contribution in [1.82, 2.24) is 4.90 Å². The highest BCUT2D eigenvalue weighted by Gasteiger charge is 2.08. The second-order valence-corrected chi connectivity index (χ2v) is 6.14. The molecule has 0 spiro atoms. The molecule has 1 aromatic heterocycles. The van der Waals surface area contributed by atoms with Crippen LogP contribution < -0.4 is 5.32 Å². The van der Waals surface area contributed by atoms with Gasteiger partial charge in [0, 0.05) is 22.6 Å². The molecule has 2 nitrogen and oxygen atoms in total. The summed E-state index contributed by atoms with van der Waals surface area (Å²) >= 11 is 13.0. The minimum atomic E-state index is 0.704. The predicted octanol–water partition coefficient (Wildman–Crippen LogP) is 4.54. The van der Waals surface area contributed by atoms with Crippen LogP contribution in [-0.4, -0.2) is 17.1 Å². The quantitative estimate of drug-likeness (QED) is 0.838. The summed E-state index contributed by atoms with van der Waals surface area (Å²) < 4.78 is 0. The maximum Gasteiger partial charge on any atom is 0.173 e. The van der Waals surface area contributed by atoms with Crippen molar-refractivity contribution in [2.24, 2.45) is 0 Å². The van der Waals surface area contributed by atoms with Crippen molar-refractivity contribution >= 4 is 46.0 Å². The third-order valence-corrected chi connectivity index (χ3v) is 4.46. The van der Waals surface area contributed by atoms with Crippen molar-refractivity contribution in [3.8, 4) is 0 Å². The lowest BCUT2D eigenvalue weighted by Crippen LogP contribution is -2.30. The van der Waals surface area contributed by atoms with Crippen LogP contribution >= 0.6 is 35.2 Å². The number of nitrogens with zero attached hydrogens (tertiary/aromatic N) is 1. The number of hydrogen-bond acceptors (Lipinski definition) is 2. The first-order valence-corrected chi connectivity index (χ1v) is 7.53. The lowest BCUT2D eigenvalue weighted by Gasteiger charge is -2.20. The molecule has 0 unspecified atom stereocenters. The van der Waals surface area contributed by atoms with E-state index in [-0.39, 0.29) is 0 Å². The van der Waals surface area contributed by atoms with Crippen molar-refractivity contribution in [2.45, 2.75) is 13.5 Å². The summed E-state index contributed by atoms with van der Waals surface area (Å²) in [7, 11) is 1.99. The van der Waals surface area contributed by atoms with E-state index in [1.165, 1.54) is 10.4 Å². The Morgan fingerprint density at radius 1 is 1.32 bits per heavy atom. The molecule has 100 valence electrons. The molecule has 2 aromatic rings. The van der Waals surface area contributed by atoms with Gasteiger partial charge in [-0.3, -0.25) is 0 Å². The van der Waals surface area contributed by atoms with E-state index in [1.807, 2.05) is 36.2 Å². The lowest BCUT2D eigenvalue weighted by atomic mass is 10.3. The van der Waals surface area contributed by atoms with E-state index in [2.05, 4.69) is 23.7 Å². The van der Waals surface area contributed by atoms with Crippen LogP contribution in [0, 0.1) is 6.92 Å². The lowest BCUT2D eigenvalue weighted by molar-refractivity contribution is 0.512. The Morgan fingerprint density at radius 2 is 2.00 bits per heavy atom. The Labute approximate surface area is 128 Å². The summed E-state index contributed by atoms with van der Waals surface area (Å²) in [4.78, 5) is 3.37. The number of thiocarbonyl (C=S) groups is 1. The van der Waals surface area contributed by atoms with E-state index in [1.54, 1.807) is 11.3 Å². The molecular weight excluding hydrogens is 296 g/mol. The zero-order chi connectivity index (χ0) is 13.8. The Hall–Kier alpha value is -1.10. The molecule has 19 heavy (non-hydrogen) atoms. The second-order valence-electron chi connectivity index (χ2n) is 4.32. The maximum atomic E-state index is 5.85. The maximum absolute atomic E-state index is 5.85. The van der Waals surface area contributed by atoms with Crippen LogP contribution in [0.3, 0.4) is 0 Å². The summed E-state index contributed by atoms with van der Waals surface area (Å²) in [5.74, 6) is 0. The molecule has 0 saturated carbocycles. The van der Waals surface area contributed by atoms with E-state index in [0.717, 1.165) is 17.3 Å². The Bertz CT molecular complexity index is 563. The van der Waals surface area contributed by atoms with Crippen molar-refractivity contribution < 1.29 is 0 Å². The Balaban J connectivity index is 1.96. The van der Waals surface area contributed by atoms with Gasteiger partial charge in [0.05, 0.1) is 6.54 Å². The number of rotatable bonds is 3. The number of thiophene rings is 1. The smallest absolute Gasteiger partial charge is 0.173 e. The number of aryl methyl sites for hydroxylation is 1. The second kappa shape index (κ2) is 6.37. The fraction of sp³-hybridized carbons (Fsp3) is 0.214. The zero-order valence-corrected chi connectivity index (χ0v) is 13.2. The van der Waals surface area contributed by atoms with Crippen LogP contribution in [0.2, 0.25) is 5.02 Å². The van der Waals surface area contributed by atoms with Crippen LogP contribution in [0.1, 0.15) is 10.4 Å². The van der Waals surface area contributed by atoms with Crippen LogP contribution in [-0.2, 0) is 6.54 Å². The summed E-state index contributed by atoms with van der Waals surface area (Å²) in [6.45, 7) is 2.94. The van der Waals surface area contributed by atoms with Crippen molar-refractivity contribution in [2.75, 3.05) is 12.4 Å². The molecule has 5 heteroatoms. The molecule has 1 N–H and O–H groups in total. The third-order valence-electron chi connectivity index (χ3n) is 2.79. The zero-order valence-electron chi connectivity index (χ0n) is 10.8. The topological polar surface area (TPSA) is 15.3 Å². The van der Waals surface area contributed by atoms with Gasteiger partial charge in [0.25, 0.3) is 0 Å². The summed E-state index contributed by atoms with van der Waals surface area (Å²) in [6, 6.07) is 9.65. The summed E-state index contributed by atoms with van der Waals surface area (Å²) in [5, 5.41) is 6.73. The van der Waals surface area contributed by atoms with Gasteiger partial charge in [0.2, 0.25) is 0 Å². The van der Waals surface area contributed by atoms with Gasteiger partial charge < -0.3 is 10.2 Å².